The molecular weight excluding hydrogens is 350 g/mol. The van der Waals surface area contributed by atoms with Crippen LogP contribution in [0.3, 0.4) is 0 Å². The SMILES string of the molecule is CC(=O)c1cccc(N(C(=O)Cc2ccccc2)C2CCS(=O)(=O)C2)c1. The van der Waals surface area contributed by atoms with E-state index in [9.17, 15) is 18.0 Å². The van der Waals surface area contributed by atoms with Gasteiger partial charge < -0.3 is 4.90 Å². The smallest absolute Gasteiger partial charge is 0.231 e. The van der Waals surface area contributed by atoms with Gasteiger partial charge in [0.05, 0.1) is 24.0 Å². The Hall–Kier alpha value is -2.47. The molecule has 1 unspecified atom stereocenters. The predicted octanol–water partition coefficient (Wildman–Crippen LogP) is 2.65. The van der Waals surface area contributed by atoms with Gasteiger partial charge in [0.25, 0.3) is 0 Å². The van der Waals surface area contributed by atoms with E-state index in [1.807, 2.05) is 30.3 Å². The maximum Gasteiger partial charge on any atom is 0.231 e. The molecule has 1 aliphatic rings. The lowest BCUT2D eigenvalue weighted by molar-refractivity contribution is -0.118. The summed E-state index contributed by atoms with van der Waals surface area (Å²) in [7, 11) is -3.14. The lowest BCUT2D eigenvalue weighted by atomic mass is 10.1. The summed E-state index contributed by atoms with van der Waals surface area (Å²) in [5.74, 6) is -0.225. The third-order valence-electron chi connectivity index (χ3n) is 4.57. The number of ketones is 1. The highest BCUT2D eigenvalue weighted by molar-refractivity contribution is 7.91. The number of hydrogen-bond acceptors (Lipinski definition) is 4. The lowest BCUT2D eigenvalue weighted by Gasteiger charge is -2.29. The average Bonchev–Trinajstić information content (AvgIpc) is 2.95. The number of carbonyl (C=O) groups is 2. The number of rotatable bonds is 5. The molecule has 0 radical (unpaired) electrons. The summed E-state index contributed by atoms with van der Waals surface area (Å²) >= 11 is 0. The molecule has 0 bridgehead atoms. The van der Waals surface area contributed by atoms with Gasteiger partial charge in [-0.1, -0.05) is 42.5 Å². The summed E-state index contributed by atoms with van der Waals surface area (Å²) in [5, 5.41) is 0. The zero-order chi connectivity index (χ0) is 18.7. The van der Waals surface area contributed by atoms with Crippen molar-refractivity contribution < 1.29 is 18.0 Å². The van der Waals surface area contributed by atoms with Crippen LogP contribution in [-0.4, -0.2) is 37.7 Å². The third-order valence-corrected chi connectivity index (χ3v) is 6.32. The van der Waals surface area contributed by atoms with Gasteiger partial charge >= 0.3 is 0 Å². The Morgan fingerprint density at radius 2 is 1.81 bits per heavy atom. The summed E-state index contributed by atoms with van der Waals surface area (Å²) in [5.41, 5.74) is 1.94. The Bertz CT molecular complexity index is 922. The van der Waals surface area contributed by atoms with Crippen LogP contribution >= 0.6 is 0 Å². The molecule has 1 fully saturated rings. The van der Waals surface area contributed by atoms with Crippen molar-refractivity contribution in [3.63, 3.8) is 0 Å². The molecule has 0 N–H and O–H groups in total. The molecule has 6 heteroatoms. The van der Waals surface area contributed by atoms with E-state index in [-0.39, 0.29) is 29.6 Å². The normalized spacial score (nSPS) is 18.4. The van der Waals surface area contributed by atoms with Crippen LogP contribution in [0, 0.1) is 0 Å². The van der Waals surface area contributed by atoms with Crippen LogP contribution in [0.1, 0.15) is 29.3 Å². The van der Waals surface area contributed by atoms with Gasteiger partial charge in [0.15, 0.2) is 15.6 Å². The standard InChI is InChI=1S/C20H21NO4S/c1-15(22)17-8-5-9-18(13-17)21(19-10-11-26(24,25)14-19)20(23)12-16-6-3-2-4-7-16/h2-9,13,19H,10-12,14H2,1H3. The molecule has 1 amide bonds. The van der Waals surface area contributed by atoms with E-state index in [1.165, 1.54) is 6.92 Å². The number of amides is 1. The molecule has 136 valence electrons. The monoisotopic (exact) mass is 371 g/mol. The molecule has 1 atom stereocenters. The van der Waals surface area contributed by atoms with Crippen LogP contribution in [0.5, 0.6) is 0 Å². The summed E-state index contributed by atoms with van der Waals surface area (Å²) in [6.45, 7) is 1.47. The van der Waals surface area contributed by atoms with E-state index in [0.29, 0.717) is 17.7 Å². The van der Waals surface area contributed by atoms with E-state index in [1.54, 1.807) is 29.2 Å². The second kappa shape index (κ2) is 7.41. The maximum absolute atomic E-state index is 13.0. The summed E-state index contributed by atoms with van der Waals surface area (Å²) in [6.07, 6.45) is 0.592. The van der Waals surface area contributed by atoms with Gasteiger partial charge in [0.1, 0.15) is 0 Å². The van der Waals surface area contributed by atoms with Gasteiger partial charge in [-0.05, 0) is 31.0 Å². The van der Waals surface area contributed by atoms with Gasteiger partial charge in [-0.15, -0.1) is 0 Å². The number of sulfone groups is 1. The van der Waals surface area contributed by atoms with E-state index in [2.05, 4.69) is 0 Å². The Labute approximate surface area is 153 Å². The van der Waals surface area contributed by atoms with Crippen molar-refractivity contribution in [2.75, 3.05) is 16.4 Å². The van der Waals surface area contributed by atoms with Crippen molar-refractivity contribution in [2.45, 2.75) is 25.8 Å². The average molecular weight is 371 g/mol. The largest absolute Gasteiger partial charge is 0.308 e. The summed E-state index contributed by atoms with van der Waals surface area (Å²) in [4.78, 5) is 26.3. The summed E-state index contributed by atoms with van der Waals surface area (Å²) in [6, 6.07) is 15.8. The van der Waals surface area contributed by atoms with Crippen LogP contribution in [0.2, 0.25) is 0 Å². The molecule has 2 aromatic rings. The summed E-state index contributed by atoms with van der Waals surface area (Å²) < 4.78 is 23.9. The molecule has 2 aromatic carbocycles. The van der Waals surface area contributed by atoms with Crippen LogP contribution in [-0.2, 0) is 21.1 Å². The highest BCUT2D eigenvalue weighted by Crippen LogP contribution is 2.26. The molecule has 0 spiro atoms. The Morgan fingerprint density at radius 3 is 2.42 bits per heavy atom. The molecule has 3 rings (SSSR count). The molecule has 0 aromatic heterocycles. The molecule has 1 saturated heterocycles. The van der Waals surface area contributed by atoms with E-state index in [0.717, 1.165) is 5.56 Å². The van der Waals surface area contributed by atoms with Crippen LogP contribution in [0.25, 0.3) is 0 Å². The molecule has 0 aliphatic carbocycles. The van der Waals surface area contributed by atoms with Crippen molar-refractivity contribution in [3.05, 3.63) is 65.7 Å². The zero-order valence-electron chi connectivity index (χ0n) is 14.6. The Kier molecular flexibility index (Phi) is 5.23. The fourth-order valence-corrected chi connectivity index (χ4v) is 4.97. The second-order valence-corrected chi connectivity index (χ2v) is 8.82. The second-order valence-electron chi connectivity index (χ2n) is 6.59. The maximum atomic E-state index is 13.0. The number of anilines is 1. The number of nitrogens with zero attached hydrogens (tertiary/aromatic N) is 1. The first-order valence-corrected chi connectivity index (χ1v) is 10.4. The minimum Gasteiger partial charge on any atom is -0.308 e. The number of carbonyl (C=O) groups excluding carboxylic acids is 2. The first-order chi connectivity index (χ1) is 12.4. The zero-order valence-corrected chi connectivity index (χ0v) is 15.4. The van der Waals surface area contributed by atoms with Gasteiger partial charge in [0, 0.05) is 11.3 Å². The first-order valence-electron chi connectivity index (χ1n) is 8.53. The fraction of sp³-hybridized carbons (Fsp3) is 0.300. The lowest BCUT2D eigenvalue weighted by Crippen LogP contribution is -2.42. The highest BCUT2D eigenvalue weighted by atomic mass is 32.2. The van der Waals surface area contributed by atoms with Crippen LogP contribution < -0.4 is 4.90 Å². The van der Waals surface area contributed by atoms with Gasteiger partial charge in [-0.2, -0.15) is 0 Å². The fourth-order valence-electron chi connectivity index (χ4n) is 3.27. The van der Waals surface area contributed by atoms with E-state index >= 15 is 0 Å². The number of hydrogen-bond donors (Lipinski definition) is 0. The van der Waals surface area contributed by atoms with Crippen molar-refractivity contribution in [1.29, 1.82) is 0 Å². The Balaban J connectivity index is 1.95. The minimum absolute atomic E-state index is 0.0438. The van der Waals surface area contributed by atoms with Gasteiger partial charge in [-0.3, -0.25) is 9.59 Å². The third kappa shape index (κ3) is 4.19. The van der Waals surface area contributed by atoms with Crippen molar-refractivity contribution in [2.24, 2.45) is 0 Å². The molecule has 1 heterocycles. The minimum atomic E-state index is -3.14. The predicted molar refractivity (Wildman–Crippen MR) is 101 cm³/mol. The van der Waals surface area contributed by atoms with E-state index in [4.69, 9.17) is 0 Å². The quantitative estimate of drug-likeness (QED) is 0.758. The number of benzene rings is 2. The molecule has 5 nitrogen and oxygen atoms in total. The van der Waals surface area contributed by atoms with Gasteiger partial charge in [-0.25, -0.2) is 8.42 Å². The van der Waals surface area contributed by atoms with Crippen LogP contribution in [0.4, 0.5) is 5.69 Å². The van der Waals surface area contributed by atoms with E-state index < -0.39 is 15.9 Å². The Morgan fingerprint density at radius 1 is 1.08 bits per heavy atom. The molecular formula is C20H21NO4S. The molecule has 1 aliphatic heterocycles. The first kappa shape index (κ1) is 18.3. The van der Waals surface area contributed by atoms with Crippen LogP contribution in [0.15, 0.2) is 54.6 Å². The number of Topliss-reactive ketones (excluding diaryl/α,β-unsaturated/α-hetero) is 1. The topological polar surface area (TPSA) is 71.5 Å². The molecule has 0 saturated carbocycles. The highest BCUT2D eigenvalue weighted by Gasteiger charge is 2.35. The van der Waals surface area contributed by atoms with Gasteiger partial charge in [0.2, 0.25) is 5.91 Å². The van der Waals surface area contributed by atoms with Crippen molar-refractivity contribution in [3.8, 4) is 0 Å². The molecule has 26 heavy (non-hydrogen) atoms. The van der Waals surface area contributed by atoms with Crippen molar-refractivity contribution >= 4 is 27.2 Å². The van der Waals surface area contributed by atoms with Crippen molar-refractivity contribution in [1.82, 2.24) is 0 Å².